The minimum atomic E-state index is -1.52. The number of carbonyl (C=O) groups excluding carboxylic acids is 2. The molecule has 7 nitrogen and oxygen atoms in total. The van der Waals surface area contributed by atoms with Gasteiger partial charge in [0.05, 0.1) is 11.1 Å². The van der Waals surface area contributed by atoms with Crippen molar-refractivity contribution in [2.75, 3.05) is 0 Å². The number of nitrogens with zero attached hydrogens (tertiary/aromatic N) is 1. The van der Waals surface area contributed by atoms with Crippen LogP contribution >= 0.6 is 0 Å². The number of aliphatic carboxylic acids is 1. The molecule has 5 N–H and O–H groups in total. The molecular weight excluding hydrogens is 238 g/mol. The number of hydrogen-bond acceptors (Lipinski definition) is 5. The fraction of sp³-hybridized carbons (Fsp3) is 0.182. The van der Waals surface area contributed by atoms with Crippen molar-refractivity contribution in [2.45, 2.75) is 12.2 Å². The molecule has 2 atom stereocenters. The van der Waals surface area contributed by atoms with Gasteiger partial charge in [0.1, 0.15) is 12.2 Å². The van der Waals surface area contributed by atoms with Crippen LogP contribution in [0.3, 0.4) is 0 Å². The van der Waals surface area contributed by atoms with Gasteiger partial charge < -0.3 is 16.6 Å². The normalized spacial score (nSPS) is 17.6. The minimum absolute atomic E-state index is 0.204. The summed E-state index contributed by atoms with van der Waals surface area (Å²) in [4.78, 5) is 35.3. The first kappa shape index (κ1) is 12.2. The maximum atomic E-state index is 12.0. The molecule has 94 valence electrons. The second kappa shape index (κ2) is 4.21. The monoisotopic (exact) mass is 249 g/mol. The summed E-state index contributed by atoms with van der Waals surface area (Å²) in [7, 11) is 0. The van der Waals surface area contributed by atoms with Crippen LogP contribution in [0.2, 0.25) is 0 Å². The molecule has 2 amide bonds. The van der Waals surface area contributed by atoms with E-state index in [1.807, 2.05) is 0 Å². The van der Waals surface area contributed by atoms with Crippen LogP contribution in [0.5, 0.6) is 0 Å². The van der Waals surface area contributed by atoms with Crippen LogP contribution < -0.4 is 11.5 Å². The van der Waals surface area contributed by atoms with E-state index < -0.39 is 30.0 Å². The number of hydrogen-bond donors (Lipinski definition) is 3. The van der Waals surface area contributed by atoms with E-state index in [1.54, 1.807) is 12.1 Å². The molecule has 2 rings (SSSR count). The average Bonchev–Trinajstić information content (AvgIpc) is 2.61. The van der Waals surface area contributed by atoms with Gasteiger partial charge in [-0.1, -0.05) is 12.1 Å². The second-order valence-electron chi connectivity index (χ2n) is 3.88. The molecule has 1 heterocycles. The molecule has 1 aromatic carbocycles. The van der Waals surface area contributed by atoms with Crippen LogP contribution in [-0.4, -0.2) is 40.0 Å². The molecule has 0 saturated carbocycles. The van der Waals surface area contributed by atoms with E-state index in [0.29, 0.717) is 4.90 Å². The summed E-state index contributed by atoms with van der Waals surface area (Å²) in [5.41, 5.74) is 11.3. The van der Waals surface area contributed by atoms with E-state index in [4.69, 9.17) is 16.6 Å². The van der Waals surface area contributed by atoms with Crippen molar-refractivity contribution in [2.24, 2.45) is 11.5 Å². The standard InChI is InChI=1S/C11H11N3O4/c12-7(11(17)18)8(13)14-9(15)5-3-1-2-4-6(5)10(14)16/h1-4,7-8H,12-13H2,(H,17,18). The highest BCUT2D eigenvalue weighted by Crippen LogP contribution is 2.23. The SMILES string of the molecule is NC(C(=O)O)C(N)N1C(=O)c2ccccc2C1=O. The molecular formula is C11H11N3O4. The topological polar surface area (TPSA) is 127 Å². The highest BCUT2D eigenvalue weighted by molar-refractivity contribution is 6.21. The van der Waals surface area contributed by atoms with Crippen molar-refractivity contribution in [3.05, 3.63) is 35.4 Å². The predicted molar refractivity (Wildman–Crippen MR) is 60.5 cm³/mol. The molecule has 1 aromatic rings. The van der Waals surface area contributed by atoms with Crippen molar-refractivity contribution >= 4 is 17.8 Å². The Kier molecular flexibility index (Phi) is 2.85. The van der Waals surface area contributed by atoms with Gasteiger partial charge in [-0.25, -0.2) is 0 Å². The minimum Gasteiger partial charge on any atom is -0.480 e. The maximum Gasteiger partial charge on any atom is 0.324 e. The van der Waals surface area contributed by atoms with E-state index >= 15 is 0 Å². The lowest BCUT2D eigenvalue weighted by molar-refractivity contribution is -0.139. The van der Waals surface area contributed by atoms with Crippen molar-refractivity contribution in [3.63, 3.8) is 0 Å². The van der Waals surface area contributed by atoms with E-state index in [2.05, 4.69) is 0 Å². The molecule has 18 heavy (non-hydrogen) atoms. The first-order chi connectivity index (χ1) is 8.45. The number of fused-ring (bicyclic) bond motifs is 1. The zero-order chi connectivity index (χ0) is 13.4. The van der Waals surface area contributed by atoms with Crippen molar-refractivity contribution < 1.29 is 19.5 Å². The molecule has 0 fully saturated rings. The lowest BCUT2D eigenvalue weighted by Crippen LogP contribution is -2.58. The van der Waals surface area contributed by atoms with Gasteiger partial charge in [-0.15, -0.1) is 0 Å². The number of carboxylic acids is 1. The summed E-state index contributed by atoms with van der Waals surface area (Å²) in [5, 5.41) is 8.75. The zero-order valence-corrected chi connectivity index (χ0v) is 9.24. The van der Waals surface area contributed by atoms with Gasteiger partial charge in [-0.2, -0.15) is 0 Å². The smallest absolute Gasteiger partial charge is 0.324 e. The summed E-state index contributed by atoms with van der Waals surface area (Å²) in [5.74, 6) is -2.63. The molecule has 1 aliphatic heterocycles. The Labute approximate surface area is 102 Å². The Morgan fingerprint density at radius 1 is 1.11 bits per heavy atom. The number of benzene rings is 1. The van der Waals surface area contributed by atoms with Gasteiger partial charge in [0, 0.05) is 0 Å². The van der Waals surface area contributed by atoms with Crippen LogP contribution in [0.4, 0.5) is 0 Å². The molecule has 0 aliphatic carbocycles. The summed E-state index contributed by atoms with van der Waals surface area (Å²) in [6.45, 7) is 0. The highest BCUT2D eigenvalue weighted by atomic mass is 16.4. The predicted octanol–water partition coefficient (Wildman–Crippen LogP) is -1.02. The third kappa shape index (κ3) is 1.66. The van der Waals surface area contributed by atoms with Gasteiger partial charge in [-0.3, -0.25) is 19.3 Å². The van der Waals surface area contributed by atoms with E-state index in [-0.39, 0.29) is 11.1 Å². The van der Waals surface area contributed by atoms with Crippen LogP contribution in [0, 0.1) is 0 Å². The fourth-order valence-corrected chi connectivity index (χ4v) is 1.79. The Balaban J connectivity index is 2.37. The number of nitrogens with two attached hydrogens (primary N) is 2. The Bertz CT molecular complexity index is 508. The summed E-state index contributed by atoms with van der Waals surface area (Å²) in [6, 6.07) is 4.65. The second-order valence-corrected chi connectivity index (χ2v) is 3.88. The first-order valence-electron chi connectivity index (χ1n) is 5.16. The summed E-state index contributed by atoms with van der Waals surface area (Å²) in [6.07, 6.45) is -1.39. The third-order valence-corrected chi connectivity index (χ3v) is 2.78. The maximum absolute atomic E-state index is 12.0. The average molecular weight is 249 g/mol. The van der Waals surface area contributed by atoms with Crippen LogP contribution in [0.15, 0.2) is 24.3 Å². The van der Waals surface area contributed by atoms with Gasteiger partial charge in [0.2, 0.25) is 0 Å². The Morgan fingerprint density at radius 3 is 1.94 bits per heavy atom. The van der Waals surface area contributed by atoms with Crippen LogP contribution in [-0.2, 0) is 4.79 Å². The molecule has 0 aromatic heterocycles. The number of rotatable bonds is 3. The van der Waals surface area contributed by atoms with Gasteiger partial charge >= 0.3 is 5.97 Å². The van der Waals surface area contributed by atoms with Crippen molar-refractivity contribution in [3.8, 4) is 0 Å². The third-order valence-electron chi connectivity index (χ3n) is 2.78. The Hall–Kier alpha value is -2.25. The number of amides is 2. The van der Waals surface area contributed by atoms with Crippen LogP contribution in [0.25, 0.3) is 0 Å². The molecule has 7 heteroatoms. The molecule has 0 saturated heterocycles. The van der Waals surface area contributed by atoms with Crippen molar-refractivity contribution in [1.82, 2.24) is 4.90 Å². The summed E-state index contributed by atoms with van der Waals surface area (Å²) >= 11 is 0. The van der Waals surface area contributed by atoms with Gasteiger partial charge in [0.25, 0.3) is 11.8 Å². The van der Waals surface area contributed by atoms with Gasteiger partial charge in [0.15, 0.2) is 0 Å². The number of carbonyl (C=O) groups is 3. The summed E-state index contributed by atoms with van der Waals surface area (Å²) < 4.78 is 0. The fourth-order valence-electron chi connectivity index (χ4n) is 1.79. The van der Waals surface area contributed by atoms with E-state index in [1.165, 1.54) is 12.1 Å². The molecule has 0 radical (unpaired) electrons. The zero-order valence-electron chi connectivity index (χ0n) is 9.24. The first-order valence-corrected chi connectivity index (χ1v) is 5.16. The van der Waals surface area contributed by atoms with E-state index in [0.717, 1.165) is 0 Å². The molecule has 0 spiro atoms. The van der Waals surface area contributed by atoms with Crippen LogP contribution in [0.1, 0.15) is 20.7 Å². The van der Waals surface area contributed by atoms with E-state index in [9.17, 15) is 14.4 Å². The quantitative estimate of drug-likeness (QED) is 0.588. The van der Waals surface area contributed by atoms with Crippen molar-refractivity contribution in [1.29, 1.82) is 0 Å². The lowest BCUT2D eigenvalue weighted by atomic mass is 10.1. The largest absolute Gasteiger partial charge is 0.480 e. The highest BCUT2D eigenvalue weighted by Gasteiger charge is 2.41. The molecule has 1 aliphatic rings. The Morgan fingerprint density at radius 2 is 1.56 bits per heavy atom. The molecule has 2 unspecified atom stereocenters. The number of carboxylic acid groups (broad SMARTS) is 1. The number of imide groups is 1. The van der Waals surface area contributed by atoms with Gasteiger partial charge in [-0.05, 0) is 12.1 Å². The molecule has 0 bridgehead atoms. The lowest BCUT2D eigenvalue weighted by Gasteiger charge is -2.24.